The van der Waals surface area contributed by atoms with Crippen molar-refractivity contribution in [3.63, 3.8) is 0 Å². The third-order valence-electron chi connectivity index (χ3n) is 4.44. The van der Waals surface area contributed by atoms with Crippen LogP contribution in [0, 0.1) is 19.8 Å². The zero-order valence-corrected chi connectivity index (χ0v) is 14.9. The molecule has 1 saturated carbocycles. The van der Waals surface area contributed by atoms with Crippen LogP contribution in [0.1, 0.15) is 34.6 Å². The largest absolute Gasteiger partial charge is 0.507 e. The molecule has 2 aromatic rings. The second-order valence-corrected chi connectivity index (χ2v) is 7.21. The Balaban J connectivity index is 1.58. The summed E-state index contributed by atoms with van der Waals surface area (Å²) in [5.41, 5.74) is 3.93. The van der Waals surface area contributed by atoms with E-state index in [1.807, 2.05) is 38.1 Å². The van der Waals surface area contributed by atoms with Crippen molar-refractivity contribution < 1.29 is 9.90 Å². The van der Waals surface area contributed by atoms with Crippen molar-refractivity contribution in [2.75, 3.05) is 0 Å². The van der Waals surface area contributed by atoms with Crippen LogP contribution in [0.25, 0.3) is 0 Å². The van der Waals surface area contributed by atoms with Gasteiger partial charge in [0.2, 0.25) is 5.91 Å². The Kier molecular flexibility index (Phi) is 4.44. The topological polar surface area (TPSA) is 49.3 Å². The first-order valence-electron chi connectivity index (χ1n) is 7.78. The number of halogens is 1. The lowest BCUT2D eigenvalue weighted by Crippen LogP contribution is -2.25. The summed E-state index contributed by atoms with van der Waals surface area (Å²) in [6.45, 7) is 4.25. The number of hydrogen-bond acceptors (Lipinski definition) is 2. The molecule has 23 heavy (non-hydrogen) atoms. The van der Waals surface area contributed by atoms with Gasteiger partial charge in [0.1, 0.15) is 5.75 Å². The Labute approximate surface area is 144 Å². The van der Waals surface area contributed by atoms with Crippen molar-refractivity contribution in [3.8, 4) is 5.75 Å². The molecule has 3 nitrogen and oxygen atoms in total. The number of rotatable bonds is 4. The van der Waals surface area contributed by atoms with Gasteiger partial charge in [-0.1, -0.05) is 40.2 Å². The van der Waals surface area contributed by atoms with Crippen LogP contribution in [-0.4, -0.2) is 11.0 Å². The van der Waals surface area contributed by atoms with E-state index in [4.69, 9.17) is 0 Å². The molecule has 0 bridgehead atoms. The highest BCUT2D eigenvalue weighted by molar-refractivity contribution is 9.10. The molecule has 4 heteroatoms. The minimum atomic E-state index is 0.0792. The predicted molar refractivity (Wildman–Crippen MR) is 94.4 cm³/mol. The Morgan fingerprint density at radius 2 is 1.83 bits per heavy atom. The van der Waals surface area contributed by atoms with E-state index in [2.05, 4.69) is 33.4 Å². The molecule has 0 aliphatic heterocycles. The van der Waals surface area contributed by atoms with E-state index >= 15 is 0 Å². The molecule has 0 radical (unpaired) electrons. The summed E-state index contributed by atoms with van der Waals surface area (Å²) < 4.78 is 1.06. The molecular formula is C19H20BrNO2. The first kappa shape index (κ1) is 16.1. The standard InChI is InChI=1S/C19H20BrNO2/c1-11-7-13(8-12(2)18(11)22)10-21-19(23)17-9-16(17)14-3-5-15(20)6-4-14/h3-8,16-17,22H,9-10H2,1-2H3,(H,21,23)/t16-,17+/m0/s1. The maximum atomic E-state index is 12.3. The summed E-state index contributed by atoms with van der Waals surface area (Å²) in [7, 11) is 0. The average Bonchev–Trinajstić information content (AvgIpc) is 3.31. The van der Waals surface area contributed by atoms with Gasteiger partial charge in [0.15, 0.2) is 0 Å². The molecule has 0 unspecified atom stereocenters. The number of phenols is 1. The maximum Gasteiger partial charge on any atom is 0.224 e. The lowest BCUT2D eigenvalue weighted by Gasteiger charge is -2.09. The summed E-state index contributed by atoms with van der Waals surface area (Å²) in [6, 6.07) is 12.0. The van der Waals surface area contributed by atoms with Crippen LogP contribution in [0.2, 0.25) is 0 Å². The second kappa shape index (κ2) is 6.36. The van der Waals surface area contributed by atoms with Crippen molar-refractivity contribution in [2.45, 2.75) is 32.7 Å². The van der Waals surface area contributed by atoms with Crippen LogP contribution in [0.3, 0.4) is 0 Å². The fourth-order valence-electron chi connectivity index (χ4n) is 3.03. The van der Waals surface area contributed by atoms with Crippen molar-refractivity contribution in [3.05, 3.63) is 63.1 Å². The highest BCUT2D eigenvalue weighted by atomic mass is 79.9. The van der Waals surface area contributed by atoms with Crippen molar-refractivity contribution in [1.82, 2.24) is 5.32 Å². The number of carbonyl (C=O) groups excluding carboxylic acids is 1. The van der Waals surface area contributed by atoms with Crippen LogP contribution >= 0.6 is 15.9 Å². The third kappa shape index (κ3) is 3.58. The zero-order valence-electron chi connectivity index (χ0n) is 13.3. The second-order valence-electron chi connectivity index (χ2n) is 6.30. The van der Waals surface area contributed by atoms with E-state index in [9.17, 15) is 9.90 Å². The quantitative estimate of drug-likeness (QED) is 0.843. The number of nitrogens with one attached hydrogen (secondary N) is 1. The molecule has 3 rings (SSSR count). The number of hydrogen-bond donors (Lipinski definition) is 2. The zero-order chi connectivity index (χ0) is 16.6. The molecule has 0 spiro atoms. The van der Waals surface area contributed by atoms with Crippen LogP contribution in [0.4, 0.5) is 0 Å². The summed E-state index contributed by atoms with van der Waals surface area (Å²) in [6.07, 6.45) is 0.918. The fourth-order valence-corrected chi connectivity index (χ4v) is 3.30. The predicted octanol–water partition coefficient (Wildman–Crippen LogP) is 4.19. The molecule has 2 N–H and O–H groups in total. The number of phenolic OH excluding ortho intramolecular Hbond substituents is 1. The van der Waals surface area contributed by atoms with Crippen molar-refractivity contribution in [2.24, 2.45) is 5.92 Å². The smallest absolute Gasteiger partial charge is 0.224 e. The average molecular weight is 374 g/mol. The van der Waals surface area contributed by atoms with Crippen molar-refractivity contribution >= 4 is 21.8 Å². The van der Waals surface area contributed by atoms with Crippen LogP contribution in [-0.2, 0) is 11.3 Å². The van der Waals surface area contributed by atoms with Gasteiger partial charge in [-0.25, -0.2) is 0 Å². The van der Waals surface area contributed by atoms with Gasteiger partial charge in [-0.15, -0.1) is 0 Å². The molecular weight excluding hydrogens is 354 g/mol. The Hall–Kier alpha value is -1.81. The number of benzene rings is 2. The number of aromatic hydroxyl groups is 1. The number of aryl methyl sites for hydroxylation is 2. The fraction of sp³-hybridized carbons (Fsp3) is 0.316. The lowest BCUT2D eigenvalue weighted by molar-refractivity contribution is -0.122. The Morgan fingerprint density at radius 1 is 1.22 bits per heavy atom. The molecule has 0 aromatic heterocycles. The minimum absolute atomic E-state index is 0.0792. The molecule has 1 fully saturated rings. The van der Waals surface area contributed by atoms with Gasteiger partial charge in [0.05, 0.1) is 0 Å². The number of amides is 1. The number of carbonyl (C=O) groups is 1. The molecule has 2 aromatic carbocycles. The molecule has 120 valence electrons. The minimum Gasteiger partial charge on any atom is -0.507 e. The van der Waals surface area contributed by atoms with Crippen LogP contribution in [0.5, 0.6) is 5.75 Å². The van der Waals surface area contributed by atoms with Gasteiger partial charge < -0.3 is 10.4 Å². The van der Waals surface area contributed by atoms with Crippen LogP contribution in [0.15, 0.2) is 40.9 Å². The summed E-state index contributed by atoms with van der Waals surface area (Å²) in [4.78, 5) is 12.3. The maximum absolute atomic E-state index is 12.3. The summed E-state index contributed by atoms with van der Waals surface area (Å²) in [5, 5.41) is 12.8. The lowest BCUT2D eigenvalue weighted by atomic mass is 10.1. The highest BCUT2D eigenvalue weighted by Crippen LogP contribution is 2.47. The van der Waals surface area contributed by atoms with E-state index in [1.54, 1.807) is 0 Å². The van der Waals surface area contributed by atoms with E-state index in [0.29, 0.717) is 18.2 Å². The third-order valence-corrected chi connectivity index (χ3v) is 4.97. The van der Waals surface area contributed by atoms with Gasteiger partial charge in [-0.05, 0) is 60.6 Å². The van der Waals surface area contributed by atoms with Gasteiger partial charge in [-0.3, -0.25) is 4.79 Å². The molecule has 1 aliphatic carbocycles. The van der Waals surface area contributed by atoms with Crippen LogP contribution < -0.4 is 5.32 Å². The highest BCUT2D eigenvalue weighted by Gasteiger charge is 2.43. The first-order valence-corrected chi connectivity index (χ1v) is 8.57. The van der Waals surface area contributed by atoms with Gasteiger partial charge >= 0.3 is 0 Å². The SMILES string of the molecule is Cc1cc(CNC(=O)[C@@H]2C[C@H]2c2ccc(Br)cc2)cc(C)c1O. The van der Waals surface area contributed by atoms with E-state index in [-0.39, 0.29) is 11.8 Å². The first-order chi connectivity index (χ1) is 11.0. The van der Waals surface area contributed by atoms with E-state index in [1.165, 1.54) is 5.56 Å². The van der Waals surface area contributed by atoms with Crippen molar-refractivity contribution in [1.29, 1.82) is 0 Å². The van der Waals surface area contributed by atoms with E-state index < -0.39 is 0 Å². The normalized spacial score (nSPS) is 19.4. The van der Waals surface area contributed by atoms with E-state index in [0.717, 1.165) is 27.6 Å². The van der Waals surface area contributed by atoms with Gasteiger partial charge in [0, 0.05) is 16.9 Å². The Bertz CT molecular complexity index is 717. The Morgan fingerprint density at radius 3 is 2.43 bits per heavy atom. The molecule has 1 amide bonds. The monoisotopic (exact) mass is 373 g/mol. The summed E-state index contributed by atoms with van der Waals surface area (Å²) >= 11 is 3.43. The molecule has 0 saturated heterocycles. The van der Waals surface area contributed by atoms with Gasteiger partial charge in [-0.2, -0.15) is 0 Å². The molecule has 1 aliphatic rings. The van der Waals surface area contributed by atoms with Gasteiger partial charge in [0.25, 0.3) is 0 Å². The molecule has 2 atom stereocenters. The molecule has 0 heterocycles. The summed E-state index contributed by atoms with van der Waals surface area (Å²) in [5.74, 6) is 0.862.